The van der Waals surface area contributed by atoms with Crippen molar-refractivity contribution in [3.05, 3.63) is 89.5 Å². The van der Waals surface area contributed by atoms with Crippen LogP contribution >= 0.6 is 0 Å². The quantitative estimate of drug-likeness (QED) is 0.334. The molecule has 0 fully saturated rings. The van der Waals surface area contributed by atoms with Gasteiger partial charge in [0.2, 0.25) is 0 Å². The Labute approximate surface area is 170 Å². The normalized spacial score (nSPS) is 11.1. The maximum absolute atomic E-state index is 12.4. The predicted octanol–water partition coefficient (Wildman–Crippen LogP) is 1.85. The minimum Gasteiger partial charge on any atom is -0.493 e. The van der Waals surface area contributed by atoms with E-state index in [-0.39, 0.29) is 16.5 Å². The van der Waals surface area contributed by atoms with Crippen LogP contribution in [0.5, 0.6) is 11.5 Å². The molecule has 0 radical (unpaired) electrons. The highest BCUT2D eigenvalue weighted by molar-refractivity contribution is 7.87. The molecule has 6 nitrogen and oxygen atoms in total. The maximum Gasteiger partial charge on any atom is 0.339 e. The van der Waals surface area contributed by atoms with Gasteiger partial charge in [-0.2, -0.15) is 8.42 Å². The lowest BCUT2D eigenvalue weighted by atomic mass is 10.1. The molecular formula is C22H23N2O4S+. The van der Waals surface area contributed by atoms with E-state index in [1.54, 1.807) is 30.3 Å². The summed E-state index contributed by atoms with van der Waals surface area (Å²) >= 11 is 0. The van der Waals surface area contributed by atoms with Crippen LogP contribution in [0.25, 0.3) is 0 Å². The molecular weight excluding hydrogens is 388 g/mol. The third kappa shape index (κ3) is 5.58. The Bertz CT molecular complexity index is 1100. The molecule has 0 aromatic heterocycles. The van der Waals surface area contributed by atoms with E-state index in [2.05, 4.69) is 0 Å². The molecule has 0 saturated carbocycles. The third-order valence-corrected chi connectivity index (χ3v) is 5.47. The highest BCUT2D eigenvalue weighted by Crippen LogP contribution is 2.26. The Morgan fingerprint density at radius 1 is 0.966 bits per heavy atom. The van der Waals surface area contributed by atoms with Crippen molar-refractivity contribution in [2.24, 2.45) is 5.73 Å². The molecule has 0 aliphatic heterocycles. The number of hydrogen-bond donors (Lipinski definition) is 2. The maximum atomic E-state index is 12.4. The van der Waals surface area contributed by atoms with Gasteiger partial charge in [-0.25, -0.2) is 0 Å². The lowest BCUT2D eigenvalue weighted by Gasteiger charge is -2.11. The van der Waals surface area contributed by atoms with Gasteiger partial charge in [-0.15, -0.1) is 0 Å². The predicted molar refractivity (Wildman–Crippen MR) is 111 cm³/mol. The molecule has 0 aliphatic rings. The van der Waals surface area contributed by atoms with E-state index < -0.39 is 10.1 Å². The van der Waals surface area contributed by atoms with Gasteiger partial charge < -0.3 is 8.92 Å². The fourth-order valence-electron chi connectivity index (χ4n) is 2.76. The topological polar surface area (TPSA) is 104 Å². The first-order valence-corrected chi connectivity index (χ1v) is 10.5. The van der Waals surface area contributed by atoms with Crippen LogP contribution in [0.3, 0.4) is 0 Å². The number of nitrogens with two attached hydrogens (primary N) is 2. The smallest absolute Gasteiger partial charge is 0.339 e. The second kappa shape index (κ2) is 8.79. The first kappa shape index (κ1) is 20.4. The molecule has 0 spiro atoms. The van der Waals surface area contributed by atoms with Crippen molar-refractivity contribution in [2.45, 2.75) is 18.2 Å². The molecule has 7 heteroatoms. The van der Waals surface area contributed by atoms with Crippen LogP contribution in [-0.4, -0.2) is 20.9 Å². The van der Waals surface area contributed by atoms with E-state index in [1.807, 2.05) is 37.3 Å². The van der Waals surface area contributed by atoms with Gasteiger partial charge in [0.15, 0.2) is 0 Å². The van der Waals surface area contributed by atoms with Crippen LogP contribution in [0.15, 0.2) is 77.7 Å². The number of ether oxygens (including phenoxy) is 1. The van der Waals surface area contributed by atoms with Gasteiger partial charge in [-0.1, -0.05) is 30.3 Å². The summed E-state index contributed by atoms with van der Waals surface area (Å²) in [6.45, 7) is 2.27. The van der Waals surface area contributed by atoms with Gasteiger partial charge in [-0.05, 0) is 54.4 Å². The molecule has 0 unspecified atom stereocenters. The van der Waals surface area contributed by atoms with Crippen LogP contribution in [-0.2, 0) is 16.5 Å². The molecule has 0 saturated heterocycles. The second-order valence-electron chi connectivity index (χ2n) is 6.58. The summed E-state index contributed by atoms with van der Waals surface area (Å²) in [5, 5.41) is 5.56. The molecule has 0 heterocycles. The van der Waals surface area contributed by atoms with Crippen molar-refractivity contribution in [1.82, 2.24) is 0 Å². The highest BCUT2D eigenvalue weighted by Gasteiger charge is 2.16. The summed E-state index contributed by atoms with van der Waals surface area (Å²) in [5.74, 6) is 1.03. The second-order valence-corrected chi connectivity index (χ2v) is 8.13. The minimum absolute atomic E-state index is 0.0998. The number of hydrogen-bond acceptors (Lipinski definition) is 4. The monoisotopic (exact) mass is 411 g/mol. The van der Waals surface area contributed by atoms with Crippen LogP contribution < -0.4 is 20.1 Å². The molecule has 0 amide bonds. The molecule has 29 heavy (non-hydrogen) atoms. The van der Waals surface area contributed by atoms with Crippen molar-refractivity contribution in [2.75, 3.05) is 6.61 Å². The summed E-state index contributed by atoms with van der Waals surface area (Å²) in [7, 11) is -3.90. The van der Waals surface area contributed by atoms with E-state index in [0.717, 1.165) is 16.7 Å². The molecule has 0 aliphatic carbocycles. The molecule has 3 aromatic carbocycles. The standard InChI is InChI=1S/C22H22N2O4S/c1-16-13-19(27-12-11-17-7-9-18(10-8-17)22(23)24)15-20(14-16)28-29(25,26)21-5-3-2-4-6-21/h2-10,13-15H,11-12H2,1H3,(H3,23,24)/p+1. The Morgan fingerprint density at radius 2 is 1.62 bits per heavy atom. The van der Waals surface area contributed by atoms with E-state index in [9.17, 15) is 8.42 Å². The molecule has 150 valence electrons. The number of benzene rings is 3. The summed E-state index contributed by atoms with van der Waals surface area (Å²) in [6.07, 6.45) is 0.678. The highest BCUT2D eigenvalue weighted by atomic mass is 32.2. The number of aryl methyl sites for hydroxylation is 1. The van der Waals surface area contributed by atoms with Gasteiger partial charge in [-0.3, -0.25) is 11.1 Å². The Morgan fingerprint density at radius 3 is 2.28 bits per heavy atom. The van der Waals surface area contributed by atoms with E-state index in [0.29, 0.717) is 18.8 Å². The SMILES string of the molecule is Cc1cc(OCCc2ccc(C(N)=[NH2+])cc2)cc(OS(=O)(=O)c2ccccc2)c1. The van der Waals surface area contributed by atoms with Crippen molar-refractivity contribution in [1.29, 1.82) is 0 Å². The van der Waals surface area contributed by atoms with Crippen molar-refractivity contribution in [3.8, 4) is 11.5 Å². The lowest BCUT2D eigenvalue weighted by Crippen LogP contribution is -2.46. The fraction of sp³-hybridized carbons (Fsp3) is 0.136. The lowest BCUT2D eigenvalue weighted by molar-refractivity contribution is -0.114. The molecule has 3 rings (SSSR count). The Hall–Kier alpha value is -3.32. The zero-order valence-corrected chi connectivity index (χ0v) is 16.9. The van der Waals surface area contributed by atoms with Crippen molar-refractivity contribution < 1.29 is 22.7 Å². The van der Waals surface area contributed by atoms with Crippen molar-refractivity contribution >= 4 is 16.0 Å². The zero-order valence-electron chi connectivity index (χ0n) is 16.0. The van der Waals surface area contributed by atoms with Crippen LogP contribution in [0.2, 0.25) is 0 Å². The zero-order chi connectivity index (χ0) is 20.9. The first-order valence-electron chi connectivity index (χ1n) is 9.05. The van der Waals surface area contributed by atoms with Gasteiger partial charge in [0.05, 0.1) is 12.2 Å². The first-order chi connectivity index (χ1) is 13.8. The van der Waals surface area contributed by atoms with Gasteiger partial charge in [0, 0.05) is 12.5 Å². The van der Waals surface area contributed by atoms with Crippen LogP contribution in [0.4, 0.5) is 0 Å². The third-order valence-electron chi connectivity index (χ3n) is 4.21. The summed E-state index contributed by atoms with van der Waals surface area (Å²) < 4.78 is 35.9. The average Bonchev–Trinajstić information content (AvgIpc) is 2.68. The molecule has 3 aromatic rings. The van der Waals surface area contributed by atoms with Crippen LogP contribution in [0, 0.1) is 6.92 Å². The summed E-state index contributed by atoms with van der Waals surface area (Å²) in [6, 6.07) is 20.7. The average molecular weight is 412 g/mol. The van der Waals surface area contributed by atoms with Gasteiger partial charge in [0.25, 0.3) is 5.84 Å². The van der Waals surface area contributed by atoms with Crippen molar-refractivity contribution in [3.63, 3.8) is 0 Å². The fourth-order valence-corrected chi connectivity index (χ4v) is 3.69. The Kier molecular flexibility index (Phi) is 6.19. The largest absolute Gasteiger partial charge is 0.493 e. The number of amidine groups is 1. The summed E-state index contributed by atoms with van der Waals surface area (Å²) in [5.41, 5.74) is 8.26. The molecule has 4 N–H and O–H groups in total. The Balaban J connectivity index is 1.65. The van der Waals surface area contributed by atoms with Gasteiger partial charge in [0.1, 0.15) is 16.4 Å². The molecule has 0 bridgehead atoms. The molecule has 0 atom stereocenters. The van der Waals surface area contributed by atoms with Crippen LogP contribution in [0.1, 0.15) is 16.7 Å². The minimum atomic E-state index is -3.90. The number of rotatable bonds is 8. The summed E-state index contributed by atoms with van der Waals surface area (Å²) in [4.78, 5) is 0.0998. The van der Waals surface area contributed by atoms with E-state index in [4.69, 9.17) is 20.1 Å². The van der Waals surface area contributed by atoms with E-state index in [1.165, 1.54) is 12.1 Å². The van der Waals surface area contributed by atoms with Gasteiger partial charge >= 0.3 is 10.1 Å². The van der Waals surface area contributed by atoms with E-state index >= 15 is 0 Å².